The van der Waals surface area contributed by atoms with E-state index in [0.29, 0.717) is 56.6 Å². The molecule has 0 radical (unpaired) electrons. The van der Waals surface area contributed by atoms with Crippen LogP contribution in [0, 0.1) is 6.92 Å². The third kappa shape index (κ3) is 6.45. The molecular weight excluding hydrogens is 520 g/mol. The summed E-state index contributed by atoms with van der Waals surface area (Å²) in [6, 6.07) is 21.9. The van der Waals surface area contributed by atoms with Crippen molar-refractivity contribution >= 4 is 17.4 Å². The molecule has 8 heteroatoms. The van der Waals surface area contributed by atoms with Crippen LogP contribution in [0.4, 0.5) is 0 Å². The van der Waals surface area contributed by atoms with Crippen molar-refractivity contribution in [2.75, 3.05) is 46.0 Å². The Kier molecular flexibility index (Phi) is 9.01. The predicted octanol–water partition coefficient (Wildman–Crippen LogP) is 4.73. The van der Waals surface area contributed by atoms with Gasteiger partial charge in [-0.1, -0.05) is 42.5 Å². The summed E-state index contributed by atoms with van der Waals surface area (Å²) in [7, 11) is 0. The largest absolute Gasteiger partial charge is 0.507 e. The van der Waals surface area contributed by atoms with Crippen LogP contribution in [0.25, 0.3) is 5.76 Å². The van der Waals surface area contributed by atoms with Crippen LogP contribution >= 0.6 is 0 Å². The van der Waals surface area contributed by atoms with E-state index in [1.54, 1.807) is 17.0 Å². The fourth-order valence-electron chi connectivity index (χ4n) is 5.32. The monoisotopic (exact) mass is 556 g/mol. The van der Waals surface area contributed by atoms with E-state index >= 15 is 0 Å². The summed E-state index contributed by atoms with van der Waals surface area (Å²) in [6.45, 7) is 8.47. The standard InChI is InChI=1S/C33H36N2O6/c1-3-40-27-13-14-28(23(2)21-27)31(36)29-30(35(33(38)32(29)37)16-15-34-17-19-39-20-18-34)25-9-11-26(12-10-25)41-22-24-7-5-4-6-8-24/h4-14,21,30,36H,3,15-20,22H2,1-2H3. The molecule has 5 rings (SSSR count). The van der Waals surface area contributed by atoms with Gasteiger partial charge < -0.3 is 24.2 Å². The second-order valence-electron chi connectivity index (χ2n) is 10.2. The number of morpholine rings is 1. The molecule has 0 bridgehead atoms. The van der Waals surface area contributed by atoms with E-state index in [4.69, 9.17) is 14.2 Å². The van der Waals surface area contributed by atoms with Crippen molar-refractivity contribution in [3.05, 3.63) is 101 Å². The first-order valence-electron chi connectivity index (χ1n) is 14.0. The molecular formula is C33H36N2O6. The van der Waals surface area contributed by atoms with Gasteiger partial charge in [0.25, 0.3) is 11.7 Å². The number of amides is 1. The van der Waals surface area contributed by atoms with Crippen molar-refractivity contribution in [1.82, 2.24) is 9.80 Å². The number of nitrogens with zero attached hydrogens (tertiary/aromatic N) is 2. The van der Waals surface area contributed by atoms with Gasteiger partial charge in [-0.2, -0.15) is 0 Å². The molecule has 2 saturated heterocycles. The lowest BCUT2D eigenvalue weighted by Gasteiger charge is -2.31. The predicted molar refractivity (Wildman–Crippen MR) is 156 cm³/mol. The van der Waals surface area contributed by atoms with Gasteiger partial charge in [-0.05, 0) is 60.9 Å². The minimum atomic E-state index is -0.731. The molecule has 0 spiro atoms. The van der Waals surface area contributed by atoms with E-state index in [0.717, 1.165) is 29.8 Å². The van der Waals surface area contributed by atoms with Crippen LogP contribution in [0.15, 0.2) is 78.4 Å². The molecule has 0 aliphatic carbocycles. The van der Waals surface area contributed by atoms with E-state index in [9.17, 15) is 14.7 Å². The summed E-state index contributed by atoms with van der Waals surface area (Å²) >= 11 is 0. The number of hydrogen-bond donors (Lipinski definition) is 1. The molecule has 1 unspecified atom stereocenters. The number of benzene rings is 3. The van der Waals surface area contributed by atoms with Gasteiger partial charge in [0.05, 0.1) is 31.4 Å². The molecule has 1 amide bonds. The molecule has 3 aromatic carbocycles. The first-order chi connectivity index (χ1) is 20.0. The maximum atomic E-state index is 13.5. The zero-order valence-electron chi connectivity index (χ0n) is 23.5. The normalized spacial score (nSPS) is 19.0. The van der Waals surface area contributed by atoms with Gasteiger partial charge in [-0.3, -0.25) is 14.5 Å². The van der Waals surface area contributed by atoms with E-state index in [1.165, 1.54) is 0 Å². The topological polar surface area (TPSA) is 88.5 Å². The third-order valence-electron chi connectivity index (χ3n) is 7.51. The van der Waals surface area contributed by atoms with Crippen molar-refractivity contribution in [2.45, 2.75) is 26.5 Å². The molecule has 214 valence electrons. The van der Waals surface area contributed by atoms with Crippen molar-refractivity contribution < 1.29 is 28.9 Å². The molecule has 2 heterocycles. The number of ether oxygens (including phenoxy) is 3. The van der Waals surface area contributed by atoms with Crippen molar-refractivity contribution in [2.24, 2.45) is 0 Å². The maximum absolute atomic E-state index is 13.5. The molecule has 1 N–H and O–H groups in total. The minimum absolute atomic E-state index is 0.0854. The first-order valence-corrected chi connectivity index (χ1v) is 14.0. The van der Waals surface area contributed by atoms with E-state index < -0.39 is 17.7 Å². The summed E-state index contributed by atoms with van der Waals surface area (Å²) in [5.41, 5.74) is 3.10. The Morgan fingerprint density at radius 3 is 2.32 bits per heavy atom. The number of carbonyl (C=O) groups excluding carboxylic acids is 2. The third-order valence-corrected chi connectivity index (χ3v) is 7.51. The highest BCUT2D eigenvalue weighted by molar-refractivity contribution is 6.46. The van der Waals surface area contributed by atoms with Crippen LogP contribution in [0.5, 0.6) is 11.5 Å². The number of ketones is 1. The van der Waals surface area contributed by atoms with E-state index in [1.807, 2.05) is 74.5 Å². The number of aliphatic hydroxyl groups is 1. The fourth-order valence-corrected chi connectivity index (χ4v) is 5.32. The summed E-state index contributed by atoms with van der Waals surface area (Å²) in [4.78, 5) is 30.7. The summed E-state index contributed by atoms with van der Waals surface area (Å²) in [6.07, 6.45) is 0. The molecule has 8 nitrogen and oxygen atoms in total. The van der Waals surface area contributed by atoms with Gasteiger partial charge in [0.15, 0.2) is 0 Å². The number of rotatable bonds is 10. The Morgan fingerprint density at radius 2 is 1.63 bits per heavy atom. The van der Waals surface area contributed by atoms with Crippen LogP contribution < -0.4 is 9.47 Å². The Bertz CT molecular complexity index is 1400. The van der Waals surface area contributed by atoms with Crippen LogP contribution in [-0.4, -0.2) is 72.6 Å². The van der Waals surface area contributed by atoms with Crippen molar-refractivity contribution in [3.8, 4) is 11.5 Å². The van der Waals surface area contributed by atoms with Gasteiger partial charge in [0.1, 0.15) is 23.9 Å². The van der Waals surface area contributed by atoms with Gasteiger partial charge in [-0.15, -0.1) is 0 Å². The molecule has 1 atom stereocenters. The lowest BCUT2D eigenvalue weighted by atomic mass is 9.94. The van der Waals surface area contributed by atoms with Gasteiger partial charge in [0.2, 0.25) is 0 Å². The summed E-state index contributed by atoms with van der Waals surface area (Å²) in [5, 5.41) is 11.5. The number of aryl methyl sites for hydroxylation is 1. The second-order valence-corrected chi connectivity index (χ2v) is 10.2. The highest BCUT2D eigenvalue weighted by Crippen LogP contribution is 2.40. The molecule has 0 aromatic heterocycles. The highest BCUT2D eigenvalue weighted by atomic mass is 16.5. The highest BCUT2D eigenvalue weighted by Gasteiger charge is 2.46. The van der Waals surface area contributed by atoms with Crippen LogP contribution in [0.1, 0.15) is 35.2 Å². The van der Waals surface area contributed by atoms with E-state index in [-0.39, 0.29) is 11.3 Å². The Morgan fingerprint density at radius 1 is 0.927 bits per heavy atom. The zero-order valence-corrected chi connectivity index (χ0v) is 23.5. The smallest absolute Gasteiger partial charge is 0.295 e. The number of Topliss-reactive ketones (excluding diaryl/α,β-unsaturated/α-hetero) is 1. The van der Waals surface area contributed by atoms with Crippen LogP contribution in [0.2, 0.25) is 0 Å². The summed E-state index contributed by atoms with van der Waals surface area (Å²) < 4.78 is 17.0. The van der Waals surface area contributed by atoms with E-state index in [2.05, 4.69) is 4.90 Å². The quantitative estimate of drug-likeness (QED) is 0.220. The second kappa shape index (κ2) is 13.0. The number of hydrogen-bond acceptors (Lipinski definition) is 7. The summed E-state index contributed by atoms with van der Waals surface area (Å²) in [5.74, 6) is -0.141. The number of carbonyl (C=O) groups is 2. The van der Waals surface area contributed by atoms with Crippen LogP contribution in [-0.2, 0) is 20.9 Å². The van der Waals surface area contributed by atoms with Crippen LogP contribution in [0.3, 0.4) is 0 Å². The van der Waals surface area contributed by atoms with Gasteiger partial charge >= 0.3 is 0 Å². The molecule has 2 fully saturated rings. The molecule has 2 aliphatic heterocycles. The minimum Gasteiger partial charge on any atom is -0.507 e. The average Bonchev–Trinajstić information content (AvgIpc) is 3.25. The van der Waals surface area contributed by atoms with Crippen molar-refractivity contribution in [3.63, 3.8) is 0 Å². The lowest BCUT2D eigenvalue weighted by Crippen LogP contribution is -2.42. The molecule has 41 heavy (non-hydrogen) atoms. The zero-order chi connectivity index (χ0) is 28.8. The molecule has 0 saturated carbocycles. The lowest BCUT2D eigenvalue weighted by molar-refractivity contribution is -0.140. The number of aliphatic hydroxyl groups excluding tert-OH is 1. The Balaban J connectivity index is 1.47. The Hall–Kier alpha value is -4.14. The van der Waals surface area contributed by atoms with Crippen molar-refractivity contribution in [1.29, 1.82) is 0 Å². The molecule has 2 aliphatic rings. The van der Waals surface area contributed by atoms with Gasteiger partial charge in [-0.25, -0.2) is 0 Å². The first kappa shape index (κ1) is 28.4. The molecule has 3 aromatic rings. The fraction of sp³-hybridized carbons (Fsp3) is 0.333. The van der Waals surface area contributed by atoms with Gasteiger partial charge in [0, 0.05) is 31.7 Å². The Labute approximate surface area is 240 Å². The SMILES string of the molecule is CCOc1ccc(C(O)=C2C(=O)C(=O)N(CCN3CCOCC3)C2c2ccc(OCc3ccccc3)cc2)c(C)c1. The maximum Gasteiger partial charge on any atom is 0.295 e. The number of likely N-dealkylation sites (tertiary alicyclic amines) is 1. The average molecular weight is 557 g/mol.